The van der Waals surface area contributed by atoms with Gasteiger partial charge < -0.3 is 15.5 Å². The van der Waals surface area contributed by atoms with Crippen LogP contribution >= 0.6 is 0 Å². The smallest absolute Gasteiger partial charge is 0.321 e. The fourth-order valence-corrected chi connectivity index (χ4v) is 3.50. The molecule has 1 heterocycles. The number of carbonyl (C=O) groups excluding carboxylic acids is 1. The monoisotopic (exact) mass is 309 g/mol. The Morgan fingerprint density at radius 1 is 1.00 bits per heavy atom. The van der Waals surface area contributed by atoms with E-state index < -0.39 is 22.8 Å². The molecule has 2 rings (SSSR count). The maximum absolute atomic E-state index is 12.4. The Labute approximate surface area is 129 Å². The molecule has 3 N–H and O–H groups in total. The van der Waals surface area contributed by atoms with Crippen molar-refractivity contribution in [3.05, 3.63) is 11.1 Å². The highest BCUT2D eigenvalue weighted by molar-refractivity contribution is 6.00. The zero-order valence-corrected chi connectivity index (χ0v) is 13.4. The molecule has 0 bridgehead atoms. The van der Waals surface area contributed by atoms with E-state index in [1.54, 1.807) is 13.8 Å². The quantitative estimate of drug-likeness (QED) is 0.527. The standard InChI is InChI=1S/C16H23NO5/c1-14(2)8-17-7-11(18)15(3,4)10-6-16(12(19)20,13(21)22)5-9(10)14/h17H,5-8H2,1-4H3,(H,19,20)(H,21,22). The minimum Gasteiger partial charge on any atom is -0.480 e. The zero-order chi connectivity index (χ0) is 16.9. The van der Waals surface area contributed by atoms with E-state index in [2.05, 4.69) is 5.32 Å². The van der Waals surface area contributed by atoms with Gasteiger partial charge in [-0.3, -0.25) is 14.4 Å². The molecule has 6 heteroatoms. The van der Waals surface area contributed by atoms with E-state index in [0.29, 0.717) is 12.1 Å². The first-order valence-corrected chi connectivity index (χ1v) is 7.39. The molecule has 0 aromatic carbocycles. The average Bonchev–Trinajstić information content (AvgIpc) is 2.80. The molecule has 0 atom stereocenters. The van der Waals surface area contributed by atoms with E-state index in [1.165, 1.54) is 0 Å². The fourth-order valence-electron chi connectivity index (χ4n) is 3.50. The van der Waals surface area contributed by atoms with Gasteiger partial charge in [0.2, 0.25) is 0 Å². The van der Waals surface area contributed by atoms with E-state index in [4.69, 9.17) is 0 Å². The summed E-state index contributed by atoms with van der Waals surface area (Å²) in [6.07, 6.45) is -0.145. The van der Waals surface area contributed by atoms with Crippen LogP contribution in [0.3, 0.4) is 0 Å². The number of carboxylic acid groups (broad SMARTS) is 2. The van der Waals surface area contributed by atoms with Crippen molar-refractivity contribution in [3.63, 3.8) is 0 Å². The summed E-state index contributed by atoms with van der Waals surface area (Å²) in [6, 6.07) is 0. The van der Waals surface area contributed by atoms with Crippen LogP contribution in [0.2, 0.25) is 0 Å². The van der Waals surface area contributed by atoms with Gasteiger partial charge in [-0.1, -0.05) is 25.0 Å². The molecule has 0 radical (unpaired) electrons. The van der Waals surface area contributed by atoms with Crippen LogP contribution in [0.4, 0.5) is 0 Å². The van der Waals surface area contributed by atoms with E-state index in [-0.39, 0.29) is 30.6 Å². The summed E-state index contributed by atoms with van der Waals surface area (Å²) in [4.78, 5) is 35.8. The molecule has 22 heavy (non-hydrogen) atoms. The Hall–Kier alpha value is -1.69. The number of nitrogens with one attached hydrogen (secondary N) is 1. The Morgan fingerprint density at radius 3 is 2.00 bits per heavy atom. The molecule has 0 saturated heterocycles. The second kappa shape index (κ2) is 4.91. The molecule has 2 aliphatic rings. The van der Waals surface area contributed by atoms with Crippen molar-refractivity contribution >= 4 is 17.7 Å². The summed E-state index contributed by atoms with van der Waals surface area (Å²) in [7, 11) is 0. The topological polar surface area (TPSA) is 104 Å². The van der Waals surface area contributed by atoms with Crippen LogP contribution in [0.15, 0.2) is 11.1 Å². The van der Waals surface area contributed by atoms with Crippen molar-refractivity contribution in [2.75, 3.05) is 13.1 Å². The number of hydrogen-bond acceptors (Lipinski definition) is 4. The van der Waals surface area contributed by atoms with Crippen LogP contribution in [0.1, 0.15) is 40.5 Å². The lowest BCUT2D eigenvalue weighted by atomic mass is 9.71. The summed E-state index contributed by atoms with van der Waals surface area (Å²) in [5, 5.41) is 22.1. The Bertz CT molecular complexity index is 571. The van der Waals surface area contributed by atoms with Gasteiger partial charge in [0.1, 0.15) is 0 Å². The molecule has 0 fully saturated rings. The summed E-state index contributed by atoms with van der Waals surface area (Å²) >= 11 is 0. The van der Waals surface area contributed by atoms with Gasteiger partial charge >= 0.3 is 11.9 Å². The van der Waals surface area contributed by atoms with E-state index >= 15 is 0 Å². The summed E-state index contributed by atoms with van der Waals surface area (Å²) in [6.45, 7) is 8.16. The molecule has 0 amide bonds. The lowest BCUT2D eigenvalue weighted by Crippen LogP contribution is -2.43. The Kier molecular flexibility index (Phi) is 3.72. The number of rotatable bonds is 2. The first-order chi connectivity index (χ1) is 9.95. The molecule has 0 spiro atoms. The lowest BCUT2D eigenvalue weighted by molar-refractivity contribution is -0.164. The number of aliphatic carboxylic acids is 2. The predicted molar refractivity (Wildman–Crippen MR) is 79.4 cm³/mol. The maximum Gasteiger partial charge on any atom is 0.321 e. The van der Waals surface area contributed by atoms with Crippen molar-refractivity contribution in [1.29, 1.82) is 0 Å². The number of carbonyl (C=O) groups is 3. The molecule has 0 aromatic rings. The first kappa shape index (κ1) is 16.7. The van der Waals surface area contributed by atoms with Crippen LogP contribution in [0.25, 0.3) is 0 Å². The van der Waals surface area contributed by atoms with Gasteiger partial charge in [-0.2, -0.15) is 0 Å². The highest BCUT2D eigenvalue weighted by Crippen LogP contribution is 2.54. The van der Waals surface area contributed by atoms with Crippen molar-refractivity contribution < 1.29 is 24.6 Å². The normalized spacial score (nSPS) is 26.1. The summed E-state index contributed by atoms with van der Waals surface area (Å²) in [5.74, 6) is -2.71. The molecule has 0 saturated carbocycles. The summed E-state index contributed by atoms with van der Waals surface area (Å²) < 4.78 is 0. The van der Waals surface area contributed by atoms with Gasteiger partial charge in [0.25, 0.3) is 0 Å². The molecule has 1 aliphatic heterocycles. The van der Waals surface area contributed by atoms with Crippen LogP contribution in [-0.2, 0) is 14.4 Å². The van der Waals surface area contributed by atoms with Crippen LogP contribution in [-0.4, -0.2) is 41.0 Å². The molecular formula is C16H23NO5. The van der Waals surface area contributed by atoms with Crippen LogP contribution < -0.4 is 5.32 Å². The Morgan fingerprint density at radius 2 is 1.50 bits per heavy atom. The average molecular weight is 309 g/mol. The largest absolute Gasteiger partial charge is 0.480 e. The van der Waals surface area contributed by atoms with Gasteiger partial charge in [0, 0.05) is 12.0 Å². The lowest BCUT2D eigenvalue weighted by Gasteiger charge is -2.36. The number of carboxylic acids is 2. The minimum absolute atomic E-state index is 0.0397. The van der Waals surface area contributed by atoms with E-state index in [0.717, 1.165) is 5.57 Å². The van der Waals surface area contributed by atoms with Crippen LogP contribution in [0, 0.1) is 16.2 Å². The molecule has 1 aliphatic carbocycles. The second-order valence-electron chi connectivity index (χ2n) is 7.54. The molecular weight excluding hydrogens is 286 g/mol. The first-order valence-electron chi connectivity index (χ1n) is 7.39. The number of hydrogen-bond donors (Lipinski definition) is 3. The SMILES string of the molecule is CC1(C)CNCC(=O)C(C)(C)C2=C1CC(C(=O)O)(C(=O)O)C2. The van der Waals surface area contributed by atoms with Gasteiger partial charge in [-0.15, -0.1) is 0 Å². The van der Waals surface area contributed by atoms with E-state index in [9.17, 15) is 24.6 Å². The maximum atomic E-state index is 12.4. The van der Waals surface area contributed by atoms with Gasteiger partial charge in [0.15, 0.2) is 11.2 Å². The van der Waals surface area contributed by atoms with Crippen molar-refractivity contribution in [3.8, 4) is 0 Å². The molecule has 122 valence electrons. The second-order valence-corrected chi connectivity index (χ2v) is 7.54. The molecule has 6 nitrogen and oxygen atoms in total. The highest BCUT2D eigenvalue weighted by atomic mass is 16.4. The minimum atomic E-state index is -1.86. The van der Waals surface area contributed by atoms with Crippen molar-refractivity contribution in [2.24, 2.45) is 16.2 Å². The van der Waals surface area contributed by atoms with Crippen LogP contribution in [0.5, 0.6) is 0 Å². The summed E-state index contributed by atoms with van der Waals surface area (Å²) in [5.41, 5.74) is -1.62. The number of ketones is 1. The van der Waals surface area contributed by atoms with Gasteiger partial charge in [-0.05, 0) is 32.1 Å². The third kappa shape index (κ3) is 2.26. The third-order valence-corrected chi connectivity index (χ3v) is 5.26. The van der Waals surface area contributed by atoms with Gasteiger partial charge in [0.05, 0.1) is 6.54 Å². The number of Topliss-reactive ketones (excluding diaryl/α,β-unsaturated/α-hetero) is 1. The fraction of sp³-hybridized carbons (Fsp3) is 0.688. The Balaban J connectivity index is 2.63. The van der Waals surface area contributed by atoms with Gasteiger partial charge in [-0.25, -0.2) is 0 Å². The van der Waals surface area contributed by atoms with Crippen molar-refractivity contribution in [1.82, 2.24) is 5.32 Å². The zero-order valence-electron chi connectivity index (χ0n) is 13.4. The third-order valence-electron chi connectivity index (χ3n) is 5.26. The highest BCUT2D eigenvalue weighted by Gasteiger charge is 2.57. The predicted octanol–water partition coefficient (Wildman–Crippen LogP) is 1.46. The molecule has 0 aromatic heterocycles. The molecule has 0 unspecified atom stereocenters. The van der Waals surface area contributed by atoms with Crippen molar-refractivity contribution in [2.45, 2.75) is 40.5 Å². The van der Waals surface area contributed by atoms with E-state index in [1.807, 2.05) is 13.8 Å². The number of allylic oxidation sites excluding steroid dienone is 1.